The first kappa shape index (κ1) is 13.9. The molecular weight excluding hydrogens is 315 g/mol. The summed E-state index contributed by atoms with van der Waals surface area (Å²) in [5.74, 6) is -1.23. The monoisotopic (exact) mass is 326 g/mol. The van der Waals surface area contributed by atoms with Crippen LogP contribution in [0, 0.1) is 5.82 Å². The van der Waals surface area contributed by atoms with Crippen LogP contribution < -0.4 is 5.73 Å². The van der Waals surface area contributed by atoms with Crippen LogP contribution >= 0.6 is 11.3 Å². The van der Waals surface area contributed by atoms with Crippen LogP contribution in [0.15, 0.2) is 42.2 Å². The molecule has 0 amide bonds. The minimum atomic E-state index is -0.472. The van der Waals surface area contributed by atoms with Gasteiger partial charge in [-0.3, -0.25) is 4.79 Å². The van der Waals surface area contributed by atoms with Gasteiger partial charge in [-0.05, 0) is 29.3 Å². The minimum absolute atomic E-state index is 0.345. The molecule has 0 unspecified atom stereocenters. The Kier molecular flexibility index (Phi) is 2.96. The van der Waals surface area contributed by atoms with E-state index in [1.807, 2.05) is 0 Å². The first-order valence-electron chi connectivity index (χ1n) is 6.95. The molecule has 1 aliphatic rings. The highest BCUT2D eigenvalue weighted by Crippen LogP contribution is 2.37. The molecule has 0 spiro atoms. The van der Waals surface area contributed by atoms with Gasteiger partial charge in [-0.2, -0.15) is 0 Å². The highest BCUT2D eigenvalue weighted by molar-refractivity contribution is 7.22. The molecule has 6 heteroatoms. The number of rotatable bonds is 1. The van der Waals surface area contributed by atoms with Gasteiger partial charge in [0.2, 0.25) is 5.78 Å². The number of hydrogen-bond acceptors (Lipinski definition) is 5. The van der Waals surface area contributed by atoms with Gasteiger partial charge in [0.1, 0.15) is 5.82 Å². The summed E-state index contributed by atoms with van der Waals surface area (Å²) in [6, 6.07) is 9.48. The number of benzene rings is 2. The molecule has 1 heterocycles. The lowest BCUT2D eigenvalue weighted by Gasteiger charge is -2.19. The van der Waals surface area contributed by atoms with E-state index in [4.69, 9.17) is 5.73 Å². The fourth-order valence-corrected chi connectivity index (χ4v) is 3.79. The minimum Gasteiger partial charge on any atom is -0.504 e. The van der Waals surface area contributed by atoms with Crippen LogP contribution in [0.2, 0.25) is 0 Å². The molecule has 2 aromatic carbocycles. The summed E-state index contributed by atoms with van der Waals surface area (Å²) >= 11 is 1.22. The lowest BCUT2D eigenvalue weighted by molar-refractivity contribution is 0.0977. The van der Waals surface area contributed by atoms with Gasteiger partial charge >= 0.3 is 0 Å². The lowest BCUT2D eigenvalue weighted by atomic mass is 9.86. The van der Waals surface area contributed by atoms with Gasteiger partial charge in [0.25, 0.3) is 0 Å². The van der Waals surface area contributed by atoms with E-state index in [0.717, 1.165) is 5.56 Å². The van der Waals surface area contributed by atoms with Crippen LogP contribution in [0.25, 0.3) is 15.8 Å². The van der Waals surface area contributed by atoms with Crippen molar-refractivity contribution in [1.29, 1.82) is 0 Å². The number of halogens is 1. The molecule has 0 aliphatic heterocycles. The molecule has 0 bridgehead atoms. The molecule has 0 atom stereocenters. The third-order valence-corrected chi connectivity index (χ3v) is 4.85. The van der Waals surface area contributed by atoms with Crippen LogP contribution in [0.1, 0.15) is 21.5 Å². The Balaban J connectivity index is 1.92. The molecule has 23 heavy (non-hydrogen) atoms. The molecule has 1 aliphatic carbocycles. The summed E-state index contributed by atoms with van der Waals surface area (Å²) in [6.45, 7) is 0. The van der Waals surface area contributed by atoms with Crippen molar-refractivity contribution in [2.45, 2.75) is 6.42 Å². The molecule has 0 radical (unpaired) electrons. The number of thiazole rings is 1. The molecule has 0 saturated carbocycles. The number of allylic oxidation sites excluding steroid dienone is 2. The number of Topliss-reactive ketones (excluding diaryl/α,β-unsaturated/α-hetero) is 1. The van der Waals surface area contributed by atoms with E-state index in [9.17, 15) is 14.3 Å². The molecule has 1 aromatic heterocycles. The Bertz CT molecular complexity index is 1010. The van der Waals surface area contributed by atoms with Crippen LogP contribution in [0.5, 0.6) is 0 Å². The molecule has 4 nitrogen and oxygen atoms in total. The average molecular weight is 326 g/mol. The van der Waals surface area contributed by atoms with Crippen molar-refractivity contribution in [2.75, 3.05) is 5.73 Å². The van der Waals surface area contributed by atoms with Gasteiger partial charge in [-0.15, -0.1) is 0 Å². The van der Waals surface area contributed by atoms with E-state index in [1.54, 1.807) is 24.3 Å². The quantitative estimate of drug-likeness (QED) is 0.714. The summed E-state index contributed by atoms with van der Waals surface area (Å²) in [4.78, 5) is 16.8. The van der Waals surface area contributed by atoms with Crippen LogP contribution in [-0.4, -0.2) is 15.9 Å². The molecule has 0 fully saturated rings. The number of hydrogen-bond donors (Lipinski definition) is 2. The zero-order valence-electron chi connectivity index (χ0n) is 11.8. The number of nitrogens with two attached hydrogens (primary N) is 1. The Hall–Kier alpha value is -2.73. The Morgan fingerprint density at radius 2 is 2.09 bits per heavy atom. The largest absolute Gasteiger partial charge is 0.504 e. The van der Waals surface area contributed by atoms with Crippen molar-refractivity contribution < 1.29 is 14.3 Å². The summed E-state index contributed by atoms with van der Waals surface area (Å²) in [7, 11) is 0. The second-order valence-electron chi connectivity index (χ2n) is 5.34. The third kappa shape index (κ3) is 2.10. The molecule has 114 valence electrons. The van der Waals surface area contributed by atoms with E-state index in [1.165, 1.54) is 23.5 Å². The fourth-order valence-electron chi connectivity index (χ4n) is 2.89. The van der Waals surface area contributed by atoms with Crippen molar-refractivity contribution in [3.8, 4) is 0 Å². The molecular formula is C17H11FN2O2S. The van der Waals surface area contributed by atoms with Crippen molar-refractivity contribution in [2.24, 2.45) is 0 Å². The zero-order chi connectivity index (χ0) is 16.1. The molecule has 4 rings (SSSR count). The van der Waals surface area contributed by atoms with Crippen LogP contribution in [-0.2, 0) is 6.42 Å². The zero-order valence-corrected chi connectivity index (χ0v) is 12.7. The standard InChI is InChI=1S/C17H11FN2O2S/c18-10-3-1-2-8(6-10)11-7-9-4-5-12-16(23-17(19)20-12)13(9)15(22)14(11)21/h1-6,21H,7H2,(H2,19,20). The third-order valence-electron chi connectivity index (χ3n) is 3.93. The van der Waals surface area contributed by atoms with Gasteiger partial charge in [0.05, 0.1) is 10.2 Å². The maximum Gasteiger partial charge on any atom is 0.229 e. The Morgan fingerprint density at radius 1 is 1.26 bits per heavy atom. The maximum atomic E-state index is 13.4. The van der Waals surface area contributed by atoms with Gasteiger partial charge in [0, 0.05) is 17.6 Å². The summed E-state index contributed by atoms with van der Waals surface area (Å²) < 4.78 is 14.1. The normalized spacial score (nSPS) is 14.4. The lowest BCUT2D eigenvalue weighted by Crippen LogP contribution is -2.16. The predicted octanol–water partition coefficient (Wildman–Crippen LogP) is 3.73. The number of aromatic nitrogens is 1. The van der Waals surface area contributed by atoms with E-state index in [-0.39, 0.29) is 5.76 Å². The maximum absolute atomic E-state index is 13.4. The van der Waals surface area contributed by atoms with Gasteiger partial charge in [-0.25, -0.2) is 9.37 Å². The van der Waals surface area contributed by atoms with Gasteiger partial charge in [-0.1, -0.05) is 29.5 Å². The van der Waals surface area contributed by atoms with Crippen molar-refractivity contribution in [1.82, 2.24) is 4.98 Å². The fraction of sp³-hybridized carbons (Fsp3) is 0.0588. The summed E-state index contributed by atoms with van der Waals surface area (Å²) in [5, 5.41) is 10.7. The summed E-state index contributed by atoms with van der Waals surface area (Å²) in [6.07, 6.45) is 0.351. The smallest absolute Gasteiger partial charge is 0.229 e. The molecule has 3 aromatic rings. The van der Waals surface area contributed by atoms with E-state index < -0.39 is 11.6 Å². The number of carbonyl (C=O) groups excluding carboxylic acids is 1. The van der Waals surface area contributed by atoms with E-state index in [2.05, 4.69) is 4.98 Å². The van der Waals surface area contributed by atoms with Crippen molar-refractivity contribution in [3.05, 3.63) is 64.7 Å². The second kappa shape index (κ2) is 4.89. The highest BCUT2D eigenvalue weighted by Gasteiger charge is 2.29. The number of anilines is 1. The topological polar surface area (TPSA) is 76.2 Å². The number of fused-ring (bicyclic) bond motifs is 3. The number of aliphatic hydroxyl groups is 1. The van der Waals surface area contributed by atoms with Gasteiger partial charge in [0.15, 0.2) is 10.9 Å². The van der Waals surface area contributed by atoms with E-state index >= 15 is 0 Å². The average Bonchev–Trinajstić information content (AvgIpc) is 2.90. The van der Waals surface area contributed by atoms with Gasteiger partial charge < -0.3 is 10.8 Å². The Morgan fingerprint density at radius 3 is 2.87 bits per heavy atom. The van der Waals surface area contributed by atoms with Crippen molar-refractivity contribution >= 4 is 38.0 Å². The number of ketones is 1. The van der Waals surface area contributed by atoms with E-state index in [0.29, 0.717) is 38.5 Å². The first-order chi connectivity index (χ1) is 11.0. The number of nitrogens with zero attached hydrogens (tertiary/aromatic N) is 1. The van der Waals surface area contributed by atoms with Crippen LogP contribution in [0.3, 0.4) is 0 Å². The number of aliphatic hydroxyl groups excluding tert-OH is 1. The number of carbonyl (C=O) groups is 1. The number of nitrogen functional groups attached to an aromatic ring is 1. The summed E-state index contributed by atoms with van der Waals surface area (Å²) in [5.41, 5.74) is 8.51. The second-order valence-corrected chi connectivity index (χ2v) is 6.37. The molecule has 3 N–H and O–H groups in total. The first-order valence-corrected chi connectivity index (χ1v) is 7.77. The van der Waals surface area contributed by atoms with Crippen LogP contribution in [0.4, 0.5) is 9.52 Å². The molecule has 0 saturated heterocycles. The SMILES string of the molecule is Nc1nc2ccc3c(c2s1)C(=O)C(O)=C(c1cccc(F)c1)C3. The van der Waals surface area contributed by atoms with Crippen molar-refractivity contribution in [3.63, 3.8) is 0 Å². The Labute approximate surface area is 134 Å². The predicted molar refractivity (Wildman–Crippen MR) is 88.0 cm³/mol. The highest BCUT2D eigenvalue weighted by atomic mass is 32.1.